The Hall–Kier alpha value is -3.08. The van der Waals surface area contributed by atoms with E-state index in [0.29, 0.717) is 22.8 Å². The Morgan fingerprint density at radius 1 is 1.06 bits per heavy atom. The maximum absolute atomic E-state index is 12.9. The van der Waals surface area contributed by atoms with Crippen molar-refractivity contribution in [1.82, 2.24) is 9.71 Å². The monoisotopic (exact) mass is 487 g/mol. The Bertz CT molecular complexity index is 1230. The summed E-state index contributed by atoms with van der Waals surface area (Å²) in [6, 6.07) is 11.7. The van der Waals surface area contributed by atoms with Crippen molar-refractivity contribution in [3.63, 3.8) is 0 Å². The summed E-state index contributed by atoms with van der Waals surface area (Å²) in [4.78, 5) is 28.4. The minimum Gasteiger partial charge on any atom is -0.478 e. The van der Waals surface area contributed by atoms with Crippen LogP contribution in [0.1, 0.15) is 36.2 Å². The van der Waals surface area contributed by atoms with E-state index in [1.165, 1.54) is 35.6 Å². The largest absolute Gasteiger partial charge is 0.478 e. The highest BCUT2D eigenvalue weighted by Crippen LogP contribution is 2.26. The van der Waals surface area contributed by atoms with Crippen LogP contribution in [0.3, 0.4) is 0 Å². The third-order valence-corrected chi connectivity index (χ3v) is 7.06. The molecule has 0 aliphatic rings. The van der Waals surface area contributed by atoms with E-state index in [2.05, 4.69) is 15.0 Å². The number of carbonyl (C=O) groups excluding carboxylic acids is 1. The van der Waals surface area contributed by atoms with Gasteiger partial charge in [0, 0.05) is 10.9 Å². The van der Waals surface area contributed by atoms with Gasteiger partial charge in [-0.15, -0.1) is 11.3 Å². The number of aromatic carboxylic acids is 1. The molecule has 1 amide bonds. The quantitative estimate of drug-likeness (QED) is 0.416. The van der Waals surface area contributed by atoms with Gasteiger partial charge in [0.15, 0.2) is 5.13 Å². The lowest BCUT2D eigenvalue weighted by atomic mass is 10.0. The van der Waals surface area contributed by atoms with Crippen molar-refractivity contribution in [3.8, 4) is 11.3 Å². The standard InChI is InChI=1S/C23H25N3O5S2/c1-14(2)12-19(26-33(30,31)18-10-4-15(3)5-11-18)21(27)25-23-24-20(13-32-23)16-6-8-17(9-7-16)22(28)29/h4-11,13-14,19,26H,12H2,1-3H3,(H,28,29)(H,24,25,27). The summed E-state index contributed by atoms with van der Waals surface area (Å²) in [6.45, 7) is 5.67. The summed E-state index contributed by atoms with van der Waals surface area (Å²) in [5.41, 5.74) is 2.38. The molecule has 1 aromatic heterocycles. The van der Waals surface area contributed by atoms with E-state index < -0.39 is 27.9 Å². The van der Waals surface area contributed by atoms with Gasteiger partial charge in [-0.05, 0) is 43.5 Å². The number of nitrogens with one attached hydrogen (secondary N) is 2. The molecule has 0 saturated heterocycles. The first-order chi connectivity index (χ1) is 15.5. The lowest BCUT2D eigenvalue weighted by Crippen LogP contribution is -2.44. The molecule has 3 rings (SSSR count). The van der Waals surface area contributed by atoms with Crippen molar-refractivity contribution in [2.45, 2.75) is 38.1 Å². The van der Waals surface area contributed by atoms with Gasteiger partial charge >= 0.3 is 5.97 Å². The molecule has 8 nitrogen and oxygen atoms in total. The number of amides is 1. The molecule has 3 N–H and O–H groups in total. The number of anilines is 1. The third-order valence-electron chi connectivity index (χ3n) is 4.81. The van der Waals surface area contributed by atoms with Gasteiger partial charge in [-0.3, -0.25) is 4.79 Å². The number of aryl methyl sites for hydroxylation is 1. The molecule has 0 saturated carbocycles. The number of rotatable bonds is 9. The second kappa shape index (κ2) is 10.2. The van der Waals surface area contributed by atoms with Crippen molar-refractivity contribution in [2.24, 2.45) is 5.92 Å². The van der Waals surface area contributed by atoms with Crippen LogP contribution in [0.5, 0.6) is 0 Å². The lowest BCUT2D eigenvalue weighted by molar-refractivity contribution is -0.118. The number of hydrogen-bond acceptors (Lipinski definition) is 6. The maximum Gasteiger partial charge on any atom is 0.335 e. The first kappa shape index (κ1) is 24.6. The van der Waals surface area contributed by atoms with Crippen LogP contribution in [-0.4, -0.2) is 36.4 Å². The molecule has 10 heteroatoms. The van der Waals surface area contributed by atoms with Crippen LogP contribution >= 0.6 is 11.3 Å². The van der Waals surface area contributed by atoms with Gasteiger partial charge < -0.3 is 10.4 Å². The van der Waals surface area contributed by atoms with Gasteiger partial charge in [0.1, 0.15) is 6.04 Å². The number of thiazole rings is 1. The normalized spacial score (nSPS) is 12.5. The molecule has 0 aliphatic heterocycles. The molecular weight excluding hydrogens is 462 g/mol. The van der Waals surface area contributed by atoms with E-state index >= 15 is 0 Å². The predicted octanol–water partition coefficient (Wildman–Crippen LogP) is 4.15. The molecule has 1 heterocycles. The number of aromatic nitrogens is 1. The number of carbonyl (C=O) groups is 2. The molecule has 0 aliphatic carbocycles. The highest BCUT2D eigenvalue weighted by molar-refractivity contribution is 7.89. The van der Waals surface area contributed by atoms with Crippen LogP contribution in [-0.2, 0) is 14.8 Å². The van der Waals surface area contributed by atoms with Crippen LogP contribution in [0.2, 0.25) is 0 Å². The molecule has 1 atom stereocenters. The highest BCUT2D eigenvalue weighted by Gasteiger charge is 2.27. The number of hydrogen-bond donors (Lipinski definition) is 3. The summed E-state index contributed by atoms with van der Waals surface area (Å²) < 4.78 is 28.1. The summed E-state index contributed by atoms with van der Waals surface area (Å²) in [5.74, 6) is -1.44. The minimum absolute atomic E-state index is 0.0704. The summed E-state index contributed by atoms with van der Waals surface area (Å²) in [6.07, 6.45) is 0.311. The number of sulfonamides is 1. The maximum atomic E-state index is 12.9. The smallest absolute Gasteiger partial charge is 0.335 e. The predicted molar refractivity (Wildman–Crippen MR) is 128 cm³/mol. The molecule has 1 unspecified atom stereocenters. The van der Waals surface area contributed by atoms with Gasteiger partial charge in [0.05, 0.1) is 16.2 Å². The van der Waals surface area contributed by atoms with E-state index in [0.717, 1.165) is 5.56 Å². The summed E-state index contributed by atoms with van der Waals surface area (Å²) >= 11 is 1.20. The Morgan fingerprint density at radius 2 is 1.70 bits per heavy atom. The van der Waals surface area contributed by atoms with Gasteiger partial charge in [0.2, 0.25) is 15.9 Å². The van der Waals surface area contributed by atoms with Gasteiger partial charge in [-0.1, -0.05) is 43.7 Å². The first-order valence-corrected chi connectivity index (χ1v) is 12.6. The molecule has 0 radical (unpaired) electrons. The Balaban J connectivity index is 1.75. The zero-order valence-corrected chi connectivity index (χ0v) is 20.0. The van der Waals surface area contributed by atoms with Crippen LogP contribution in [0.4, 0.5) is 5.13 Å². The second-order valence-electron chi connectivity index (χ2n) is 8.03. The fourth-order valence-electron chi connectivity index (χ4n) is 3.09. The molecule has 3 aromatic rings. The number of carboxylic acid groups (broad SMARTS) is 1. The van der Waals surface area contributed by atoms with Crippen molar-refractivity contribution in [2.75, 3.05) is 5.32 Å². The molecule has 0 spiro atoms. The van der Waals surface area contributed by atoms with Crippen molar-refractivity contribution in [3.05, 3.63) is 65.0 Å². The average molecular weight is 488 g/mol. The molecule has 33 heavy (non-hydrogen) atoms. The number of benzene rings is 2. The fourth-order valence-corrected chi connectivity index (χ4v) is 5.02. The molecular formula is C23H25N3O5S2. The van der Waals surface area contributed by atoms with Crippen molar-refractivity contribution < 1.29 is 23.1 Å². The Labute approximate surface area is 196 Å². The topological polar surface area (TPSA) is 125 Å². The molecule has 0 bridgehead atoms. The summed E-state index contributed by atoms with van der Waals surface area (Å²) in [7, 11) is -3.88. The molecule has 0 fully saturated rings. The van der Waals surface area contributed by atoms with Crippen LogP contribution in [0.15, 0.2) is 58.8 Å². The zero-order valence-electron chi connectivity index (χ0n) is 18.4. The van der Waals surface area contributed by atoms with Crippen molar-refractivity contribution >= 4 is 38.4 Å². The minimum atomic E-state index is -3.88. The third kappa shape index (κ3) is 6.47. The van der Waals surface area contributed by atoms with Gasteiger partial charge in [-0.2, -0.15) is 4.72 Å². The average Bonchev–Trinajstić information content (AvgIpc) is 3.21. The number of nitrogens with zero attached hydrogens (tertiary/aromatic N) is 1. The van der Waals surface area contributed by atoms with E-state index in [1.54, 1.807) is 29.6 Å². The number of carboxylic acids is 1. The van der Waals surface area contributed by atoms with Gasteiger partial charge in [-0.25, -0.2) is 18.2 Å². The second-order valence-corrected chi connectivity index (χ2v) is 10.6. The Morgan fingerprint density at radius 3 is 2.27 bits per heavy atom. The van der Waals surface area contributed by atoms with Crippen LogP contribution in [0, 0.1) is 12.8 Å². The lowest BCUT2D eigenvalue weighted by Gasteiger charge is -2.19. The summed E-state index contributed by atoms with van der Waals surface area (Å²) in [5, 5.41) is 13.8. The molecule has 174 valence electrons. The van der Waals surface area contributed by atoms with Crippen LogP contribution in [0.25, 0.3) is 11.3 Å². The Kier molecular flexibility index (Phi) is 7.62. The van der Waals surface area contributed by atoms with E-state index in [9.17, 15) is 18.0 Å². The van der Waals surface area contributed by atoms with E-state index in [-0.39, 0.29) is 16.4 Å². The van der Waals surface area contributed by atoms with Crippen LogP contribution < -0.4 is 10.0 Å². The van der Waals surface area contributed by atoms with Gasteiger partial charge in [0.25, 0.3) is 0 Å². The fraction of sp³-hybridized carbons (Fsp3) is 0.261. The van der Waals surface area contributed by atoms with Crippen molar-refractivity contribution in [1.29, 1.82) is 0 Å². The zero-order chi connectivity index (χ0) is 24.2. The van der Waals surface area contributed by atoms with E-state index in [4.69, 9.17) is 5.11 Å². The van der Waals surface area contributed by atoms with E-state index in [1.807, 2.05) is 20.8 Å². The SMILES string of the molecule is Cc1ccc(S(=O)(=O)NC(CC(C)C)C(=O)Nc2nc(-c3ccc(C(=O)O)cc3)cs2)cc1. The molecule has 2 aromatic carbocycles. The first-order valence-electron chi connectivity index (χ1n) is 10.2. The highest BCUT2D eigenvalue weighted by atomic mass is 32.2.